The number of thioether (sulfide) groups is 1. The van der Waals surface area contributed by atoms with Gasteiger partial charge in [-0.05, 0) is 70.4 Å². The van der Waals surface area contributed by atoms with Crippen molar-refractivity contribution in [1.82, 2.24) is 5.01 Å². The third kappa shape index (κ3) is 4.86. The number of hydrazone groups is 1. The monoisotopic (exact) mass is 530 g/mol. The summed E-state index contributed by atoms with van der Waals surface area (Å²) in [4.78, 5) is 16.7. The number of carbonyl (C=O) groups is 1. The Morgan fingerprint density at radius 1 is 1.30 bits per heavy atom. The van der Waals surface area contributed by atoms with E-state index in [9.17, 15) is 9.18 Å². The summed E-state index contributed by atoms with van der Waals surface area (Å²) in [6.07, 6.45) is 3.24. The number of nitrogens with zero attached hydrogens (tertiary/aromatic N) is 3. The highest BCUT2D eigenvalue weighted by molar-refractivity contribution is 9.10. The van der Waals surface area contributed by atoms with Gasteiger partial charge in [-0.3, -0.25) is 10.2 Å². The van der Waals surface area contributed by atoms with Crippen LogP contribution >= 0.6 is 27.7 Å². The molecule has 0 fully saturated rings. The molecule has 2 aliphatic rings. The van der Waals surface area contributed by atoms with E-state index in [1.165, 1.54) is 29.9 Å². The summed E-state index contributed by atoms with van der Waals surface area (Å²) in [5.74, 6) is -0.0854. The summed E-state index contributed by atoms with van der Waals surface area (Å²) >= 11 is 4.78. The molecule has 0 atom stereocenters. The molecule has 0 bridgehead atoms. The average molecular weight is 531 g/mol. The molecule has 170 valence electrons. The van der Waals surface area contributed by atoms with E-state index in [0.717, 1.165) is 17.9 Å². The topological polar surface area (TPSA) is 87.3 Å². The molecule has 1 amide bonds. The minimum Gasteiger partial charge on any atom is -0.493 e. The first-order valence-electron chi connectivity index (χ1n) is 10.1. The van der Waals surface area contributed by atoms with Crippen molar-refractivity contribution in [3.63, 3.8) is 0 Å². The molecule has 2 heterocycles. The van der Waals surface area contributed by atoms with Crippen molar-refractivity contribution >= 4 is 55.7 Å². The van der Waals surface area contributed by atoms with Crippen LogP contribution in [0.15, 0.2) is 56.5 Å². The standard InChI is InChI=1S/C23H20BrFN4O3S/c1-3-6-19-28-29-21(26)15(22(30)27-23(29)33-19)9-13-10-16(24)20(18(11-13)31-2)32-12-14-7-4-5-8-17(14)25/h4-5,7-11,26H,3,6,12H2,1-2H3. The molecule has 7 nitrogen and oxygen atoms in total. The van der Waals surface area contributed by atoms with Crippen LogP contribution in [0.25, 0.3) is 6.08 Å². The average Bonchev–Trinajstić information content (AvgIpc) is 3.19. The lowest BCUT2D eigenvalue weighted by atomic mass is 10.1. The lowest BCUT2D eigenvalue weighted by Gasteiger charge is -2.20. The maximum atomic E-state index is 13.9. The molecule has 0 aliphatic carbocycles. The zero-order chi connectivity index (χ0) is 23.5. The van der Waals surface area contributed by atoms with Gasteiger partial charge < -0.3 is 9.47 Å². The van der Waals surface area contributed by atoms with Crippen LogP contribution in [0.4, 0.5) is 4.39 Å². The summed E-state index contributed by atoms with van der Waals surface area (Å²) in [7, 11) is 1.49. The first-order valence-corrected chi connectivity index (χ1v) is 11.7. The van der Waals surface area contributed by atoms with E-state index in [2.05, 4.69) is 26.0 Å². The van der Waals surface area contributed by atoms with Gasteiger partial charge in [0.05, 0.1) is 17.2 Å². The Bertz CT molecular complexity index is 1230. The number of carbonyl (C=O) groups excluding carboxylic acids is 1. The Morgan fingerprint density at radius 3 is 2.82 bits per heavy atom. The zero-order valence-electron chi connectivity index (χ0n) is 17.9. The smallest absolute Gasteiger partial charge is 0.283 e. The van der Waals surface area contributed by atoms with Gasteiger partial charge in [0.2, 0.25) is 5.17 Å². The highest BCUT2D eigenvalue weighted by Gasteiger charge is 2.35. The van der Waals surface area contributed by atoms with Crippen LogP contribution in [-0.2, 0) is 11.4 Å². The fraction of sp³-hybridized carbons (Fsp3) is 0.217. The van der Waals surface area contributed by atoms with Crippen molar-refractivity contribution in [2.75, 3.05) is 7.11 Å². The Kier molecular flexibility index (Phi) is 6.94. The second-order valence-electron chi connectivity index (χ2n) is 7.18. The fourth-order valence-corrected chi connectivity index (χ4v) is 4.80. The number of benzene rings is 2. The van der Waals surface area contributed by atoms with Gasteiger partial charge in [0.1, 0.15) is 17.5 Å². The quantitative estimate of drug-likeness (QED) is 0.471. The Morgan fingerprint density at radius 2 is 2.09 bits per heavy atom. The molecule has 0 radical (unpaired) electrons. The molecule has 2 aromatic carbocycles. The third-order valence-electron chi connectivity index (χ3n) is 4.85. The number of hydrogen-bond donors (Lipinski definition) is 1. The predicted molar refractivity (Wildman–Crippen MR) is 131 cm³/mol. The number of fused-ring (bicyclic) bond motifs is 1. The van der Waals surface area contributed by atoms with E-state index in [-0.39, 0.29) is 23.8 Å². The van der Waals surface area contributed by atoms with Crippen LogP contribution in [0, 0.1) is 11.2 Å². The molecule has 33 heavy (non-hydrogen) atoms. The summed E-state index contributed by atoms with van der Waals surface area (Å²) in [5, 5.41) is 15.5. The van der Waals surface area contributed by atoms with E-state index in [1.54, 1.807) is 36.4 Å². The van der Waals surface area contributed by atoms with Crippen molar-refractivity contribution in [1.29, 1.82) is 5.41 Å². The van der Waals surface area contributed by atoms with Gasteiger partial charge in [0, 0.05) is 5.56 Å². The number of amidine groups is 2. The van der Waals surface area contributed by atoms with Crippen LogP contribution in [0.5, 0.6) is 11.5 Å². The lowest BCUT2D eigenvalue weighted by molar-refractivity contribution is -0.114. The van der Waals surface area contributed by atoms with Crippen molar-refractivity contribution in [3.05, 3.63) is 63.4 Å². The Hall–Kier alpha value is -2.98. The lowest BCUT2D eigenvalue weighted by Crippen LogP contribution is -2.35. The maximum absolute atomic E-state index is 13.9. The van der Waals surface area contributed by atoms with Crippen LogP contribution in [0.2, 0.25) is 0 Å². The summed E-state index contributed by atoms with van der Waals surface area (Å²) in [6.45, 7) is 2.06. The van der Waals surface area contributed by atoms with Crippen LogP contribution in [-0.4, -0.2) is 34.1 Å². The largest absolute Gasteiger partial charge is 0.493 e. The Balaban J connectivity index is 1.61. The highest BCUT2D eigenvalue weighted by Crippen LogP contribution is 2.38. The van der Waals surface area contributed by atoms with Gasteiger partial charge in [-0.1, -0.05) is 25.1 Å². The van der Waals surface area contributed by atoms with Gasteiger partial charge in [-0.2, -0.15) is 15.1 Å². The Labute approximate surface area is 203 Å². The van der Waals surface area contributed by atoms with E-state index in [1.807, 2.05) is 6.92 Å². The van der Waals surface area contributed by atoms with Gasteiger partial charge in [0.25, 0.3) is 5.91 Å². The zero-order valence-corrected chi connectivity index (χ0v) is 20.3. The van der Waals surface area contributed by atoms with E-state index in [0.29, 0.717) is 32.3 Å². The highest BCUT2D eigenvalue weighted by atomic mass is 79.9. The van der Waals surface area contributed by atoms with Crippen molar-refractivity contribution in [3.8, 4) is 11.5 Å². The van der Waals surface area contributed by atoms with E-state index in [4.69, 9.17) is 14.9 Å². The fourth-order valence-electron chi connectivity index (χ4n) is 3.24. The normalized spacial score (nSPS) is 16.6. The van der Waals surface area contributed by atoms with Crippen LogP contribution < -0.4 is 9.47 Å². The number of halogens is 2. The molecular weight excluding hydrogens is 511 g/mol. The molecule has 1 N–H and O–H groups in total. The number of nitrogens with one attached hydrogen (secondary N) is 1. The molecule has 4 rings (SSSR count). The first kappa shape index (κ1) is 23.2. The van der Waals surface area contributed by atoms with E-state index < -0.39 is 5.91 Å². The number of methoxy groups -OCH3 is 1. The molecule has 0 saturated heterocycles. The number of amides is 1. The molecule has 0 aromatic heterocycles. The molecule has 2 aliphatic heterocycles. The SMILES string of the molecule is CCCC1=NN2C(=N)C(=Cc3cc(Br)c(OCc4ccccc4F)c(OC)c3)C(=O)N=C2S1. The summed E-state index contributed by atoms with van der Waals surface area (Å²) in [5.41, 5.74) is 1.14. The second-order valence-corrected chi connectivity index (χ2v) is 9.07. The number of aliphatic imine (C=N–C) groups is 1. The van der Waals surface area contributed by atoms with Crippen LogP contribution in [0.3, 0.4) is 0 Å². The van der Waals surface area contributed by atoms with Crippen molar-refractivity contribution in [2.45, 2.75) is 26.4 Å². The van der Waals surface area contributed by atoms with Crippen molar-refractivity contribution < 1.29 is 18.7 Å². The molecule has 0 saturated carbocycles. The van der Waals surface area contributed by atoms with E-state index >= 15 is 0 Å². The maximum Gasteiger partial charge on any atom is 0.283 e. The number of rotatable bonds is 7. The third-order valence-corrected chi connectivity index (χ3v) is 6.41. The van der Waals surface area contributed by atoms with Crippen LogP contribution in [0.1, 0.15) is 30.9 Å². The molecule has 0 unspecified atom stereocenters. The van der Waals surface area contributed by atoms with Gasteiger partial charge >= 0.3 is 0 Å². The molecule has 2 aromatic rings. The summed E-state index contributed by atoms with van der Waals surface area (Å²) < 4.78 is 25.8. The minimum absolute atomic E-state index is 0.0212. The molecular formula is C23H20BrFN4O3S. The summed E-state index contributed by atoms with van der Waals surface area (Å²) in [6, 6.07) is 9.79. The van der Waals surface area contributed by atoms with Gasteiger partial charge in [0.15, 0.2) is 17.3 Å². The van der Waals surface area contributed by atoms with Crippen molar-refractivity contribution in [2.24, 2.45) is 10.1 Å². The number of hydrogen-bond acceptors (Lipinski definition) is 6. The first-order chi connectivity index (χ1) is 15.9. The minimum atomic E-state index is -0.498. The second kappa shape index (κ2) is 9.88. The van der Waals surface area contributed by atoms with Gasteiger partial charge in [-0.25, -0.2) is 4.39 Å². The predicted octanol–water partition coefficient (Wildman–Crippen LogP) is 5.60. The van der Waals surface area contributed by atoms with Gasteiger partial charge in [-0.15, -0.1) is 0 Å². The molecule has 10 heteroatoms. The molecule has 0 spiro atoms. The number of ether oxygens (including phenoxy) is 2.